The minimum atomic E-state index is -0.411. The zero-order valence-corrected chi connectivity index (χ0v) is 12.1. The van der Waals surface area contributed by atoms with E-state index in [-0.39, 0.29) is 0 Å². The van der Waals surface area contributed by atoms with Crippen LogP contribution in [-0.2, 0) is 6.54 Å². The van der Waals surface area contributed by atoms with Gasteiger partial charge in [0.2, 0.25) is 0 Å². The number of nitrogens with two attached hydrogens (primary N) is 1. The smallest absolute Gasteiger partial charge is 0.252 e. The fraction of sp³-hybridized carbons (Fsp3) is 0.0588. The molecule has 2 aromatic carbocycles. The van der Waals surface area contributed by atoms with Crippen molar-refractivity contribution in [2.45, 2.75) is 6.54 Å². The third kappa shape index (κ3) is 4.38. The van der Waals surface area contributed by atoms with Crippen molar-refractivity contribution in [3.05, 3.63) is 78.1 Å². The fourth-order valence-electron chi connectivity index (χ4n) is 1.83. The van der Waals surface area contributed by atoms with E-state index in [2.05, 4.69) is 4.98 Å². The second-order valence-corrected chi connectivity index (χ2v) is 4.74. The van der Waals surface area contributed by atoms with Crippen molar-refractivity contribution in [1.29, 1.82) is 0 Å². The normalized spacial score (nSPS) is 9.81. The van der Waals surface area contributed by atoms with Crippen molar-refractivity contribution in [3.63, 3.8) is 0 Å². The van der Waals surface area contributed by atoms with Gasteiger partial charge >= 0.3 is 0 Å². The van der Waals surface area contributed by atoms with Crippen molar-refractivity contribution in [1.82, 2.24) is 4.98 Å². The van der Waals surface area contributed by atoms with E-state index in [4.69, 9.17) is 17.3 Å². The van der Waals surface area contributed by atoms with Crippen molar-refractivity contribution >= 4 is 27.6 Å². The Kier molecular flexibility index (Phi) is 5.43. The van der Waals surface area contributed by atoms with E-state index < -0.39 is 5.24 Å². The molecule has 0 aliphatic carbocycles. The van der Waals surface area contributed by atoms with Crippen LogP contribution in [0.15, 0.2) is 67.0 Å². The summed E-state index contributed by atoms with van der Waals surface area (Å²) in [4.78, 5) is 14.7. The Morgan fingerprint density at radius 1 is 1.05 bits per heavy atom. The van der Waals surface area contributed by atoms with E-state index in [9.17, 15) is 4.79 Å². The number of hydrogen-bond donors (Lipinski definition) is 1. The molecule has 2 N–H and O–H groups in total. The van der Waals surface area contributed by atoms with Crippen LogP contribution in [0.4, 0.5) is 0 Å². The van der Waals surface area contributed by atoms with Crippen LogP contribution in [0.2, 0.25) is 0 Å². The van der Waals surface area contributed by atoms with Gasteiger partial charge in [-0.15, -0.1) is 0 Å². The average molecular weight is 299 g/mol. The maximum Gasteiger partial charge on any atom is 0.252 e. The number of pyridine rings is 1. The first-order valence-electron chi connectivity index (χ1n) is 6.48. The SMILES string of the molecule is NCc1cccnc1.O=C(Cl)c1ccc2ccccc2c1. The molecule has 3 nitrogen and oxygen atoms in total. The highest BCUT2D eigenvalue weighted by Crippen LogP contribution is 2.16. The number of hydrogen-bond acceptors (Lipinski definition) is 3. The minimum absolute atomic E-state index is 0.411. The molecule has 0 aliphatic rings. The number of nitrogens with zero attached hydrogens (tertiary/aromatic N) is 1. The van der Waals surface area contributed by atoms with Crippen LogP contribution in [0.3, 0.4) is 0 Å². The molecule has 0 unspecified atom stereocenters. The van der Waals surface area contributed by atoms with Gasteiger partial charge in [-0.3, -0.25) is 9.78 Å². The van der Waals surface area contributed by atoms with Crippen LogP contribution in [0.25, 0.3) is 10.8 Å². The summed E-state index contributed by atoms with van der Waals surface area (Å²) in [5.41, 5.74) is 6.93. The Labute approximate surface area is 128 Å². The highest BCUT2D eigenvalue weighted by molar-refractivity contribution is 6.67. The molecule has 4 heteroatoms. The summed E-state index contributed by atoms with van der Waals surface area (Å²) in [7, 11) is 0. The molecule has 0 radical (unpaired) electrons. The lowest BCUT2D eigenvalue weighted by molar-refractivity contribution is 0.108. The zero-order chi connectivity index (χ0) is 15.1. The number of carbonyl (C=O) groups excluding carboxylic acids is 1. The van der Waals surface area contributed by atoms with Crippen molar-refractivity contribution < 1.29 is 4.79 Å². The number of aromatic nitrogens is 1. The molecule has 0 amide bonds. The van der Waals surface area contributed by atoms with Gasteiger partial charge in [0.25, 0.3) is 5.24 Å². The Balaban J connectivity index is 0.000000173. The molecule has 3 rings (SSSR count). The first-order valence-corrected chi connectivity index (χ1v) is 6.86. The molecule has 3 aromatic rings. The summed E-state index contributed by atoms with van der Waals surface area (Å²) in [6.45, 7) is 0.577. The third-order valence-electron chi connectivity index (χ3n) is 2.93. The molecular formula is C17H15ClN2O. The van der Waals surface area contributed by atoms with Gasteiger partial charge in [0, 0.05) is 24.5 Å². The van der Waals surface area contributed by atoms with E-state index in [0.717, 1.165) is 16.3 Å². The summed E-state index contributed by atoms with van der Waals surface area (Å²) in [5, 5.41) is 1.74. The Bertz CT molecular complexity index is 729. The van der Waals surface area contributed by atoms with E-state index in [1.165, 1.54) is 0 Å². The lowest BCUT2D eigenvalue weighted by Gasteiger charge is -1.98. The molecule has 0 atom stereocenters. The second-order valence-electron chi connectivity index (χ2n) is 4.40. The molecule has 21 heavy (non-hydrogen) atoms. The van der Waals surface area contributed by atoms with Gasteiger partial charge in [0.15, 0.2) is 0 Å². The monoisotopic (exact) mass is 298 g/mol. The van der Waals surface area contributed by atoms with Gasteiger partial charge in [-0.1, -0.05) is 36.4 Å². The average Bonchev–Trinajstić information content (AvgIpc) is 2.55. The quantitative estimate of drug-likeness (QED) is 0.733. The third-order valence-corrected chi connectivity index (χ3v) is 3.15. The highest BCUT2D eigenvalue weighted by atomic mass is 35.5. The van der Waals surface area contributed by atoms with Crippen LogP contribution in [-0.4, -0.2) is 10.2 Å². The summed E-state index contributed by atoms with van der Waals surface area (Å²) in [6.07, 6.45) is 3.50. The molecule has 1 aromatic heterocycles. The topological polar surface area (TPSA) is 56.0 Å². The lowest BCUT2D eigenvalue weighted by Crippen LogP contribution is -1.95. The summed E-state index contributed by atoms with van der Waals surface area (Å²) in [5.74, 6) is 0. The summed E-state index contributed by atoms with van der Waals surface area (Å²) in [6, 6.07) is 17.1. The van der Waals surface area contributed by atoms with E-state index in [1.807, 2.05) is 42.5 Å². The van der Waals surface area contributed by atoms with E-state index in [1.54, 1.807) is 24.5 Å². The van der Waals surface area contributed by atoms with Crippen LogP contribution in [0.5, 0.6) is 0 Å². The molecule has 0 saturated carbocycles. The van der Waals surface area contributed by atoms with Crippen LogP contribution < -0.4 is 5.73 Å². The standard InChI is InChI=1S/C11H7ClO.C6H8N2/c12-11(13)10-6-5-8-3-1-2-4-9(8)7-10;7-4-6-2-1-3-8-5-6/h1-7H;1-3,5H,4,7H2. The van der Waals surface area contributed by atoms with Gasteiger partial charge in [0.05, 0.1) is 0 Å². The Morgan fingerprint density at radius 3 is 2.38 bits per heavy atom. The van der Waals surface area contributed by atoms with Gasteiger partial charge < -0.3 is 5.73 Å². The summed E-state index contributed by atoms with van der Waals surface area (Å²) >= 11 is 5.36. The van der Waals surface area contributed by atoms with Gasteiger partial charge in [-0.25, -0.2) is 0 Å². The predicted octanol–water partition coefficient (Wildman–Crippen LogP) is 3.76. The lowest BCUT2D eigenvalue weighted by atomic mass is 10.1. The zero-order valence-electron chi connectivity index (χ0n) is 11.4. The van der Waals surface area contributed by atoms with Crippen LogP contribution in [0, 0.1) is 0 Å². The molecule has 0 aliphatic heterocycles. The van der Waals surface area contributed by atoms with Gasteiger partial charge in [-0.2, -0.15) is 0 Å². The fourth-order valence-corrected chi connectivity index (χ4v) is 1.95. The van der Waals surface area contributed by atoms with Crippen LogP contribution >= 0.6 is 11.6 Å². The minimum Gasteiger partial charge on any atom is -0.326 e. The number of benzene rings is 2. The molecule has 106 valence electrons. The molecule has 0 spiro atoms. The number of halogens is 1. The Morgan fingerprint density at radius 2 is 1.81 bits per heavy atom. The molecule has 0 bridgehead atoms. The number of fused-ring (bicyclic) bond motifs is 1. The molecule has 0 fully saturated rings. The number of rotatable bonds is 2. The Hall–Kier alpha value is -2.23. The number of carbonyl (C=O) groups is 1. The van der Waals surface area contributed by atoms with Gasteiger partial charge in [-0.05, 0) is 46.1 Å². The first kappa shape index (κ1) is 15.2. The summed E-state index contributed by atoms with van der Waals surface area (Å²) < 4.78 is 0. The van der Waals surface area contributed by atoms with Crippen LogP contribution in [0.1, 0.15) is 15.9 Å². The first-order chi connectivity index (χ1) is 10.2. The van der Waals surface area contributed by atoms with E-state index >= 15 is 0 Å². The molecular weight excluding hydrogens is 284 g/mol. The van der Waals surface area contributed by atoms with Crippen molar-refractivity contribution in [2.75, 3.05) is 0 Å². The molecule has 0 saturated heterocycles. The predicted molar refractivity (Wildman–Crippen MR) is 86.3 cm³/mol. The maximum absolute atomic E-state index is 10.9. The van der Waals surface area contributed by atoms with Gasteiger partial charge in [0.1, 0.15) is 0 Å². The molecule has 1 heterocycles. The van der Waals surface area contributed by atoms with Crippen molar-refractivity contribution in [3.8, 4) is 0 Å². The van der Waals surface area contributed by atoms with Crippen molar-refractivity contribution in [2.24, 2.45) is 5.73 Å². The van der Waals surface area contributed by atoms with E-state index in [0.29, 0.717) is 12.1 Å². The second kappa shape index (κ2) is 7.53. The maximum atomic E-state index is 10.9. The highest BCUT2D eigenvalue weighted by Gasteiger charge is 2.01. The largest absolute Gasteiger partial charge is 0.326 e.